The highest BCUT2D eigenvalue weighted by atomic mass is 16.6. The molecule has 162 valence electrons. The molecule has 0 amide bonds. The van der Waals surface area contributed by atoms with Crippen LogP contribution in [0.4, 0.5) is 17.1 Å². The van der Waals surface area contributed by atoms with E-state index in [-0.39, 0.29) is 5.97 Å². The molecule has 2 aliphatic heterocycles. The molecule has 2 N–H and O–H groups in total. The Balaban J connectivity index is 1.61. The van der Waals surface area contributed by atoms with E-state index in [9.17, 15) is 4.79 Å². The van der Waals surface area contributed by atoms with Gasteiger partial charge in [0.1, 0.15) is 11.5 Å². The number of carbonyl (C=O) groups excluding carboxylic acids is 1. The van der Waals surface area contributed by atoms with Crippen LogP contribution >= 0.6 is 0 Å². The zero-order chi connectivity index (χ0) is 22.6. The number of hydrogen-bond acceptors (Lipinski definition) is 5. The standard InChI is InChI=1S/C28H22N2O3/c1-17-8-3-6-11-22(17)30-18-14-15-24-21(16-18)28(20-10-5-4-9-19(20)27(31)33-28)26-23(29-2)12-7-13-25(26)32-24/h3-16,29-30H,1-2H3. The Morgan fingerprint density at radius 2 is 1.58 bits per heavy atom. The Bertz CT molecular complexity index is 1430. The number of fused-ring (bicyclic) bond motifs is 6. The quantitative estimate of drug-likeness (QED) is 0.368. The molecule has 5 heteroatoms. The summed E-state index contributed by atoms with van der Waals surface area (Å²) in [4.78, 5) is 13.1. The molecule has 0 saturated heterocycles. The first-order valence-electron chi connectivity index (χ1n) is 10.9. The van der Waals surface area contributed by atoms with Crippen molar-refractivity contribution in [2.45, 2.75) is 12.5 Å². The van der Waals surface area contributed by atoms with E-state index in [1.165, 1.54) is 0 Å². The predicted octanol–water partition coefficient (Wildman–Crippen LogP) is 6.35. The number of benzene rings is 4. The van der Waals surface area contributed by atoms with Gasteiger partial charge in [0, 0.05) is 35.2 Å². The fraction of sp³-hybridized carbons (Fsp3) is 0.107. The maximum absolute atomic E-state index is 13.1. The van der Waals surface area contributed by atoms with Crippen LogP contribution in [0.15, 0.2) is 84.9 Å². The molecule has 0 aliphatic carbocycles. The summed E-state index contributed by atoms with van der Waals surface area (Å²) in [6, 6.07) is 27.5. The molecule has 4 aromatic carbocycles. The summed E-state index contributed by atoms with van der Waals surface area (Å²) in [5, 5.41) is 6.76. The minimum atomic E-state index is -1.11. The van der Waals surface area contributed by atoms with Crippen molar-refractivity contribution >= 4 is 23.0 Å². The largest absolute Gasteiger partial charge is 0.456 e. The van der Waals surface area contributed by atoms with Crippen LogP contribution in [0.3, 0.4) is 0 Å². The Morgan fingerprint density at radius 1 is 0.788 bits per heavy atom. The van der Waals surface area contributed by atoms with Crippen molar-refractivity contribution in [3.05, 3.63) is 113 Å². The molecule has 2 aliphatic rings. The molecule has 33 heavy (non-hydrogen) atoms. The Kier molecular flexibility index (Phi) is 4.20. The third kappa shape index (κ3) is 2.75. The third-order valence-electron chi connectivity index (χ3n) is 6.42. The van der Waals surface area contributed by atoms with Gasteiger partial charge in [0.25, 0.3) is 0 Å². The average molecular weight is 434 g/mol. The molecule has 0 bridgehead atoms. The zero-order valence-corrected chi connectivity index (χ0v) is 18.3. The number of aryl methyl sites for hydroxylation is 1. The zero-order valence-electron chi connectivity index (χ0n) is 18.3. The van der Waals surface area contributed by atoms with E-state index in [1.54, 1.807) is 0 Å². The van der Waals surface area contributed by atoms with Gasteiger partial charge in [-0.1, -0.05) is 42.5 Å². The van der Waals surface area contributed by atoms with Gasteiger partial charge in [-0.15, -0.1) is 0 Å². The molecule has 0 fully saturated rings. The Morgan fingerprint density at radius 3 is 2.42 bits per heavy atom. The second-order valence-corrected chi connectivity index (χ2v) is 8.30. The molecule has 1 unspecified atom stereocenters. The second kappa shape index (κ2) is 7.14. The lowest BCUT2D eigenvalue weighted by atomic mass is 9.76. The van der Waals surface area contributed by atoms with Crippen molar-refractivity contribution in [2.75, 3.05) is 17.7 Å². The van der Waals surface area contributed by atoms with E-state index in [1.807, 2.05) is 85.9 Å². The summed E-state index contributed by atoms with van der Waals surface area (Å²) in [5.41, 5.74) is 5.75. The first-order chi connectivity index (χ1) is 16.1. The molecule has 1 atom stereocenters. The van der Waals surface area contributed by atoms with Gasteiger partial charge >= 0.3 is 5.97 Å². The van der Waals surface area contributed by atoms with Crippen molar-refractivity contribution in [2.24, 2.45) is 0 Å². The van der Waals surface area contributed by atoms with Crippen molar-refractivity contribution in [1.82, 2.24) is 0 Å². The van der Waals surface area contributed by atoms with Crippen LogP contribution in [0.5, 0.6) is 11.5 Å². The fourth-order valence-corrected chi connectivity index (χ4v) is 4.88. The van der Waals surface area contributed by atoms with E-state index < -0.39 is 5.60 Å². The first-order valence-corrected chi connectivity index (χ1v) is 10.9. The van der Waals surface area contributed by atoms with E-state index in [0.29, 0.717) is 17.1 Å². The number of para-hydroxylation sites is 1. The lowest BCUT2D eigenvalue weighted by Gasteiger charge is -2.38. The number of nitrogens with one attached hydrogen (secondary N) is 2. The van der Waals surface area contributed by atoms with Crippen molar-refractivity contribution in [3.63, 3.8) is 0 Å². The number of esters is 1. The maximum Gasteiger partial charge on any atom is 0.340 e. The molecule has 0 radical (unpaired) electrons. The Labute approximate surface area is 192 Å². The van der Waals surface area contributed by atoms with Crippen LogP contribution < -0.4 is 15.4 Å². The van der Waals surface area contributed by atoms with Gasteiger partial charge in [0.2, 0.25) is 0 Å². The van der Waals surface area contributed by atoms with Gasteiger partial charge < -0.3 is 20.1 Å². The van der Waals surface area contributed by atoms with E-state index in [0.717, 1.165) is 39.3 Å². The minimum absolute atomic E-state index is 0.340. The number of anilines is 3. The highest BCUT2D eigenvalue weighted by Crippen LogP contribution is 2.58. The molecular weight excluding hydrogens is 412 g/mol. The molecule has 4 aromatic rings. The number of rotatable bonds is 3. The summed E-state index contributed by atoms with van der Waals surface area (Å²) < 4.78 is 12.6. The fourth-order valence-electron chi connectivity index (χ4n) is 4.88. The van der Waals surface area contributed by atoms with Crippen LogP contribution in [-0.2, 0) is 10.3 Å². The normalized spacial score (nSPS) is 17.5. The highest BCUT2D eigenvalue weighted by Gasteiger charge is 2.54. The monoisotopic (exact) mass is 434 g/mol. The van der Waals surface area contributed by atoms with Crippen LogP contribution in [0.2, 0.25) is 0 Å². The van der Waals surface area contributed by atoms with Crippen molar-refractivity contribution in [3.8, 4) is 11.5 Å². The van der Waals surface area contributed by atoms with Gasteiger partial charge in [0.05, 0.1) is 11.1 Å². The smallest absolute Gasteiger partial charge is 0.340 e. The van der Waals surface area contributed by atoms with Gasteiger partial charge in [-0.3, -0.25) is 0 Å². The molecule has 6 rings (SSSR count). The molecule has 1 spiro atoms. The minimum Gasteiger partial charge on any atom is -0.456 e. The Hall–Kier alpha value is -4.25. The number of hydrogen-bond donors (Lipinski definition) is 2. The lowest BCUT2D eigenvalue weighted by molar-refractivity contribution is 0.0227. The lowest BCUT2D eigenvalue weighted by Crippen LogP contribution is -2.34. The molecule has 0 aromatic heterocycles. The van der Waals surface area contributed by atoms with Crippen molar-refractivity contribution in [1.29, 1.82) is 0 Å². The number of carbonyl (C=O) groups is 1. The van der Waals surface area contributed by atoms with E-state index >= 15 is 0 Å². The van der Waals surface area contributed by atoms with Crippen LogP contribution in [-0.4, -0.2) is 13.0 Å². The summed E-state index contributed by atoms with van der Waals surface area (Å²) >= 11 is 0. The summed E-state index contributed by atoms with van der Waals surface area (Å²) in [7, 11) is 1.86. The molecular formula is C28H22N2O3. The highest BCUT2D eigenvalue weighted by molar-refractivity contribution is 5.97. The van der Waals surface area contributed by atoms with Crippen LogP contribution in [0.25, 0.3) is 0 Å². The van der Waals surface area contributed by atoms with Crippen LogP contribution in [0.1, 0.15) is 32.6 Å². The molecule has 2 heterocycles. The SMILES string of the molecule is CNc1cccc2c1C1(OC(=O)c3ccccc31)c1cc(Nc3ccccc3C)ccc1O2. The predicted molar refractivity (Wildman–Crippen MR) is 129 cm³/mol. The number of ether oxygens (including phenoxy) is 2. The summed E-state index contributed by atoms with van der Waals surface area (Å²) in [6.07, 6.45) is 0. The first kappa shape index (κ1) is 19.4. The van der Waals surface area contributed by atoms with Gasteiger partial charge in [-0.05, 0) is 55.0 Å². The van der Waals surface area contributed by atoms with Gasteiger partial charge in [0.15, 0.2) is 5.60 Å². The van der Waals surface area contributed by atoms with Crippen molar-refractivity contribution < 1.29 is 14.3 Å². The molecule has 0 saturated carbocycles. The summed E-state index contributed by atoms with van der Waals surface area (Å²) in [6.45, 7) is 2.07. The summed E-state index contributed by atoms with van der Waals surface area (Å²) in [5.74, 6) is 0.988. The topological polar surface area (TPSA) is 59.6 Å². The van der Waals surface area contributed by atoms with Gasteiger partial charge in [-0.25, -0.2) is 4.79 Å². The van der Waals surface area contributed by atoms with E-state index in [2.05, 4.69) is 23.6 Å². The third-order valence-corrected chi connectivity index (χ3v) is 6.42. The average Bonchev–Trinajstić information content (AvgIpc) is 3.13. The van der Waals surface area contributed by atoms with Crippen LogP contribution in [0, 0.1) is 6.92 Å². The second-order valence-electron chi connectivity index (χ2n) is 8.30. The maximum atomic E-state index is 13.1. The van der Waals surface area contributed by atoms with E-state index in [4.69, 9.17) is 9.47 Å². The molecule has 5 nitrogen and oxygen atoms in total. The van der Waals surface area contributed by atoms with Gasteiger partial charge in [-0.2, -0.15) is 0 Å².